The first-order chi connectivity index (χ1) is 8.29. The summed E-state index contributed by atoms with van der Waals surface area (Å²) < 4.78 is 2.28. The van der Waals surface area contributed by atoms with E-state index in [1.165, 1.54) is 10.6 Å². The smallest absolute Gasteiger partial charge is 0.0999 e. The largest absolute Gasteiger partial charge is 0.353 e. The molecule has 0 N–H and O–H groups in total. The molecule has 2 aromatic heterocycles. The van der Waals surface area contributed by atoms with Crippen molar-refractivity contribution in [3.63, 3.8) is 0 Å². The number of hydrogen-bond donors (Lipinski definition) is 0. The van der Waals surface area contributed by atoms with Crippen LogP contribution in [0.4, 0.5) is 0 Å². The molecule has 0 amide bonds. The number of hydrogen-bond acceptors (Lipinski definition) is 2. The van der Waals surface area contributed by atoms with Crippen LogP contribution in [0.5, 0.6) is 0 Å². The van der Waals surface area contributed by atoms with Gasteiger partial charge in [0.05, 0.1) is 5.01 Å². The molecule has 0 saturated heterocycles. The molecule has 0 atom stereocenters. The fourth-order valence-corrected chi connectivity index (χ4v) is 2.82. The SMILES string of the molecule is CC(C)(C)c1ccn(CC(C)(C)c2nccs2)c1. The molecule has 98 valence electrons. The van der Waals surface area contributed by atoms with Crippen molar-refractivity contribution in [2.75, 3.05) is 0 Å². The van der Waals surface area contributed by atoms with Gasteiger partial charge in [-0.25, -0.2) is 4.98 Å². The summed E-state index contributed by atoms with van der Waals surface area (Å²) >= 11 is 1.74. The molecule has 18 heavy (non-hydrogen) atoms. The molecule has 0 aromatic carbocycles. The van der Waals surface area contributed by atoms with Gasteiger partial charge in [0, 0.05) is 35.9 Å². The molecule has 2 nitrogen and oxygen atoms in total. The van der Waals surface area contributed by atoms with Crippen LogP contribution >= 0.6 is 11.3 Å². The summed E-state index contributed by atoms with van der Waals surface area (Å²) in [5.74, 6) is 0. The van der Waals surface area contributed by atoms with Gasteiger partial charge in [-0.3, -0.25) is 0 Å². The zero-order valence-electron chi connectivity index (χ0n) is 11.9. The van der Waals surface area contributed by atoms with E-state index in [1.807, 2.05) is 11.6 Å². The van der Waals surface area contributed by atoms with E-state index in [0.717, 1.165) is 6.54 Å². The molecule has 0 bridgehead atoms. The lowest BCUT2D eigenvalue weighted by molar-refractivity contribution is 0.432. The van der Waals surface area contributed by atoms with Crippen molar-refractivity contribution in [2.24, 2.45) is 0 Å². The van der Waals surface area contributed by atoms with Crippen LogP contribution in [0.2, 0.25) is 0 Å². The molecule has 2 heterocycles. The summed E-state index contributed by atoms with van der Waals surface area (Å²) in [6.45, 7) is 12.2. The van der Waals surface area contributed by atoms with E-state index >= 15 is 0 Å². The summed E-state index contributed by atoms with van der Waals surface area (Å²) in [6.07, 6.45) is 6.32. The first-order valence-corrected chi connectivity index (χ1v) is 7.23. The van der Waals surface area contributed by atoms with Gasteiger partial charge in [0.1, 0.15) is 0 Å². The Morgan fingerprint density at radius 3 is 2.44 bits per heavy atom. The third-order valence-electron chi connectivity index (χ3n) is 3.21. The van der Waals surface area contributed by atoms with Crippen molar-refractivity contribution in [1.29, 1.82) is 0 Å². The summed E-state index contributed by atoms with van der Waals surface area (Å²) in [5, 5.41) is 3.25. The van der Waals surface area contributed by atoms with Crippen molar-refractivity contribution >= 4 is 11.3 Å². The highest BCUT2D eigenvalue weighted by molar-refractivity contribution is 7.09. The zero-order chi connectivity index (χ0) is 13.4. The Balaban J connectivity index is 2.17. The van der Waals surface area contributed by atoms with Crippen LogP contribution in [0, 0.1) is 0 Å². The number of nitrogens with zero attached hydrogens (tertiary/aromatic N) is 2. The van der Waals surface area contributed by atoms with Crippen LogP contribution in [0.15, 0.2) is 30.0 Å². The normalized spacial score (nSPS) is 12.9. The molecule has 0 aliphatic rings. The Bertz CT molecular complexity index is 501. The third kappa shape index (κ3) is 2.83. The minimum atomic E-state index is 0.0857. The quantitative estimate of drug-likeness (QED) is 0.810. The first-order valence-electron chi connectivity index (χ1n) is 6.35. The van der Waals surface area contributed by atoms with E-state index in [9.17, 15) is 0 Å². The highest BCUT2D eigenvalue weighted by Crippen LogP contribution is 2.28. The Morgan fingerprint density at radius 2 is 1.94 bits per heavy atom. The maximum absolute atomic E-state index is 4.44. The summed E-state index contributed by atoms with van der Waals surface area (Å²) in [4.78, 5) is 4.44. The van der Waals surface area contributed by atoms with E-state index in [0.29, 0.717) is 0 Å². The lowest BCUT2D eigenvalue weighted by Gasteiger charge is -2.23. The molecule has 0 aliphatic heterocycles. The summed E-state index contributed by atoms with van der Waals surface area (Å²) in [7, 11) is 0. The zero-order valence-corrected chi connectivity index (χ0v) is 12.7. The average Bonchev–Trinajstić information content (AvgIpc) is 2.83. The molecule has 0 fully saturated rings. The van der Waals surface area contributed by atoms with Gasteiger partial charge in [-0.1, -0.05) is 34.6 Å². The van der Waals surface area contributed by atoms with Crippen LogP contribution in [0.25, 0.3) is 0 Å². The molecule has 2 aromatic rings. The van der Waals surface area contributed by atoms with Crippen molar-refractivity contribution in [3.8, 4) is 0 Å². The van der Waals surface area contributed by atoms with Crippen molar-refractivity contribution in [3.05, 3.63) is 40.6 Å². The van der Waals surface area contributed by atoms with Crippen molar-refractivity contribution < 1.29 is 0 Å². The highest BCUT2D eigenvalue weighted by Gasteiger charge is 2.24. The van der Waals surface area contributed by atoms with E-state index in [4.69, 9.17) is 0 Å². The van der Waals surface area contributed by atoms with Crippen LogP contribution in [0.3, 0.4) is 0 Å². The predicted octanol–water partition coefficient (Wildman–Crippen LogP) is 4.22. The average molecular weight is 262 g/mol. The van der Waals surface area contributed by atoms with Gasteiger partial charge in [-0.15, -0.1) is 11.3 Å². The fraction of sp³-hybridized carbons (Fsp3) is 0.533. The predicted molar refractivity (Wildman–Crippen MR) is 78.3 cm³/mol. The number of thiazole rings is 1. The monoisotopic (exact) mass is 262 g/mol. The standard InChI is InChI=1S/C15H22N2S/c1-14(2,3)12-6-8-17(10-12)11-15(4,5)13-16-7-9-18-13/h6-10H,11H2,1-5H3. The maximum atomic E-state index is 4.44. The van der Waals surface area contributed by atoms with Gasteiger partial charge in [-0.2, -0.15) is 0 Å². The van der Waals surface area contributed by atoms with Crippen LogP contribution < -0.4 is 0 Å². The molecule has 0 unspecified atom stereocenters. The van der Waals surface area contributed by atoms with Crippen molar-refractivity contribution in [2.45, 2.75) is 52.0 Å². The second kappa shape index (κ2) is 4.54. The molecule has 0 saturated carbocycles. The van der Waals surface area contributed by atoms with Crippen LogP contribution in [0.1, 0.15) is 45.2 Å². The second-order valence-electron chi connectivity index (χ2n) is 6.54. The van der Waals surface area contributed by atoms with Crippen LogP contribution in [-0.4, -0.2) is 9.55 Å². The number of aromatic nitrogens is 2. The van der Waals surface area contributed by atoms with Gasteiger partial charge in [0.2, 0.25) is 0 Å². The maximum Gasteiger partial charge on any atom is 0.0999 e. The molecule has 0 spiro atoms. The Labute approximate surface area is 114 Å². The Hall–Kier alpha value is -1.09. The van der Waals surface area contributed by atoms with E-state index in [-0.39, 0.29) is 10.8 Å². The molecular formula is C15H22N2S. The van der Waals surface area contributed by atoms with Gasteiger partial charge >= 0.3 is 0 Å². The molecule has 0 aliphatic carbocycles. The minimum Gasteiger partial charge on any atom is -0.353 e. The molecule has 3 heteroatoms. The van der Waals surface area contributed by atoms with Crippen molar-refractivity contribution in [1.82, 2.24) is 9.55 Å². The Kier molecular flexibility index (Phi) is 3.37. The van der Waals surface area contributed by atoms with E-state index in [1.54, 1.807) is 11.3 Å². The molecule has 0 radical (unpaired) electrons. The van der Waals surface area contributed by atoms with Gasteiger partial charge < -0.3 is 4.57 Å². The highest BCUT2D eigenvalue weighted by atomic mass is 32.1. The first kappa shape index (κ1) is 13.3. The van der Waals surface area contributed by atoms with Gasteiger partial charge in [0.25, 0.3) is 0 Å². The lowest BCUT2D eigenvalue weighted by atomic mass is 9.89. The second-order valence-corrected chi connectivity index (χ2v) is 7.44. The van der Waals surface area contributed by atoms with Gasteiger partial charge in [0.15, 0.2) is 0 Å². The summed E-state index contributed by atoms with van der Waals surface area (Å²) in [5.41, 5.74) is 1.69. The molecule has 2 rings (SSSR count). The third-order valence-corrected chi connectivity index (χ3v) is 4.34. The fourth-order valence-electron chi connectivity index (χ4n) is 2.06. The lowest BCUT2D eigenvalue weighted by Crippen LogP contribution is -2.23. The van der Waals surface area contributed by atoms with Gasteiger partial charge in [-0.05, 0) is 17.0 Å². The number of rotatable bonds is 3. The van der Waals surface area contributed by atoms with E-state index in [2.05, 4.69) is 62.6 Å². The topological polar surface area (TPSA) is 17.8 Å². The minimum absolute atomic E-state index is 0.0857. The Morgan fingerprint density at radius 1 is 1.22 bits per heavy atom. The van der Waals surface area contributed by atoms with E-state index < -0.39 is 0 Å². The summed E-state index contributed by atoms with van der Waals surface area (Å²) in [6, 6.07) is 2.22. The molecular weight excluding hydrogens is 240 g/mol. The van der Waals surface area contributed by atoms with Crippen LogP contribution in [-0.2, 0) is 17.4 Å².